The molecule has 262 valence electrons. The van der Waals surface area contributed by atoms with E-state index < -0.39 is 41.1 Å². The normalized spacial score (nSPS) is 13.0. The number of nitrogens with one attached hydrogen (secondary N) is 2. The summed E-state index contributed by atoms with van der Waals surface area (Å²) in [5, 5.41) is 14.0. The van der Waals surface area contributed by atoms with E-state index in [2.05, 4.69) is 10.6 Å². The van der Waals surface area contributed by atoms with Gasteiger partial charge in [0.1, 0.15) is 23.3 Å². The first-order chi connectivity index (χ1) is 21.0. The number of hydrogen-bond acceptors (Lipinski definition) is 8. The van der Waals surface area contributed by atoms with E-state index in [0.717, 1.165) is 38.5 Å². The van der Waals surface area contributed by atoms with E-state index in [1.165, 1.54) is 51.4 Å². The molecule has 0 aromatic rings. The van der Waals surface area contributed by atoms with Crippen LogP contribution in [0.4, 0.5) is 0 Å². The Kier molecular flexibility index (Phi) is 22.2. The van der Waals surface area contributed by atoms with Gasteiger partial charge in [0.2, 0.25) is 11.8 Å². The standard InChI is InChI=1S/C34H63N3O8/c1-33(2,3)44-30(40)22-20-18-16-14-12-10-8-7-9-11-13-15-17-19-21-29(39)37-27(32(43)45-34(4,5)6)23-24-28(38)36-25-26(35)31(41)42/h26-27H,7-25,35H2,1-6H3,(H,36,38)(H,37,39)(H,41,42)/t26-,27-/m0/s1. The van der Waals surface area contributed by atoms with Crippen molar-refractivity contribution in [2.75, 3.05) is 6.54 Å². The third-order valence-corrected chi connectivity index (χ3v) is 6.98. The van der Waals surface area contributed by atoms with Crippen LogP contribution >= 0.6 is 0 Å². The van der Waals surface area contributed by atoms with E-state index in [0.29, 0.717) is 12.8 Å². The number of carbonyl (C=O) groups excluding carboxylic acids is 4. The quantitative estimate of drug-likeness (QED) is 0.0719. The smallest absolute Gasteiger partial charge is 0.329 e. The van der Waals surface area contributed by atoms with Gasteiger partial charge in [-0.05, 0) is 60.8 Å². The molecule has 2 amide bonds. The van der Waals surface area contributed by atoms with E-state index in [-0.39, 0.29) is 31.3 Å². The van der Waals surface area contributed by atoms with Crippen LogP contribution in [0.15, 0.2) is 0 Å². The Balaban J connectivity index is 4.00. The van der Waals surface area contributed by atoms with Crippen LogP contribution in [0.3, 0.4) is 0 Å². The molecule has 2 atom stereocenters. The number of rotatable bonds is 25. The zero-order valence-electron chi connectivity index (χ0n) is 29.0. The lowest BCUT2D eigenvalue weighted by Gasteiger charge is -2.24. The van der Waals surface area contributed by atoms with Crippen LogP contribution in [0.5, 0.6) is 0 Å². The van der Waals surface area contributed by atoms with E-state index in [4.69, 9.17) is 20.3 Å². The summed E-state index contributed by atoms with van der Waals surface area (Å²) in [4.78, 5) is 59.8. The summed E-state index contributed by atoms with van der Waals surface area (Å²) in [6.07, 6.45) is 16.4. The molecule has 0 bridgehead atoms. The molecule has 5 N–H and O–H groups in total. The zero-order chi connectivity index (χ0) is 34.3. The zero-order valence-corrected chi connectivity index (χ0v) is 29.0. The van der Waals surface area contributed by atoms with Crippen molar-refractivity contribution in [1.82, 2.24) is 10.6 Å². The van der Waals surface area contributed by atoms with Gasteiger partial charge in [0.25, 0.3) is 0 Å². The Morgan fingerprint density at radius 3 is 1.47 bits per heavy atom. The third-order valence-electron chi connectivity index (χ3n) is 6.98. The summed E-state index contributed by atoms with van der Waals surface area (Å²) in [7, 11) is 0. The predicted octanol–water partition coefficient (Wildman–Crippen LogP) is 5.70. The molecule has 0 radical (unpaired) electrons. The van der Waals surface area contributed by atoms with Crippen molar-refractivity contribution in [3.8, 4) is 0 Å². The molecule has 0 aromatic heterocycles. The second-order valence-electron chi connectivity index (χ2n) is 14.0. The molecule has 0 saturated carbocycles. The number of carboxylic acid groups (broad SMARTS) is 1. The highest BCUT2D eigenvalue weighted by molar-refractivity contribution is 5.85. The van der Waals surface area contributed by atoms with E-state index in [9.17, 15) is 24.0 Å². The van der Waals surface area contributed by atoms with Crippen LogP contribution in [-0.2, 0) is 33.4 Å². The average Bonchev–Trinajstić information content (AvgIpc) is 2.91. The van der Waals surface area contributed by atoms with E-state index in [1.807, 2.05) is 20.8 Å². The number of esters is 2. The summed E-state index contributed by atoms with van der Waals surface area (Å²) in [6.45, 7) is 10.6. The molecule has 0 saturated heterocycles. The summed E-state index contributed by atoms with van der Waals surface area (Å²) in [6, 6.07) is -2.19. The molecule has 11 heteroatoms. The van der Waals surface area contributed by atoms with Crippen LogP contribution in [0.25, 0.3) is 0 Å². The average molecular weight is 642 g/mol. The molecule has 0 unspecified atom stereocenters. The molecule has 0 heterocycles. The lowest BCUT2D eigenvalue weighted by molar-refractivity contribution is -0.159. The fraction of sp³-hybridized carbons (Fsp3) is 0.853. The van der Waals surface area contributed by atoms with Gasteiger partial charge in [0.05, 0.1) is 0 Å². The van der Waals surface area contributed by atoms with Crippen molar-refractivity contribution in [3.05, 3.63) is 0 Å². The summed E-state index contributed by atoms with van der Waals surface area (Å²) < 4.78 is 10.7. The molecule has 0 rings (SSSR count). The lowest BCUT2D eigenvalue weighted by Crippen LogP contribution is -2.45. The number of ether oxygens (including phenoxy) is 2. The van der Waals surface area contributed by atoms with Crippen molar-refractivity contribution in [3.63, 3.8) is 0 Å². The van der Waals surface area contributed by atoms with Crippen molar-refractivity contribution in [1.29, 1.82) is 0 Å². The molecule has 0 fully saturated rings. The monoisotopic (exact) mass is 641 g/mol. The van der Waals surface area contributed by atoms with Crippen molar-refractivity contribution in [2.24, 2.45) is 5.73 Å². The number of amides is 2. The summed E-state index contributed by atoms with van der Waals surface area (Å²) >= 11 is 0. The highest BCUT2D eigenvalue weighted by Gasteiger charge is 2.27. The maximum atomic E-state index is 12.7. The van der Waals surface area contributed by atoms with Gasteiger partial charge >= 0.3 is 17.9 Å². The molecule has 45 heavy (non-hydrogen) atoms. The number of nitrogens with two attached hydrogens (primary N) is 1. The van der Waals surface area contributed by atoms with Crippen LogP contribution in [0.2, 0.25) is 0 Å². The fourth-order valence-electron chi connectivity index (χ4n) is 4.63. The van der Waals surface area contributed by atoms with E-state index in [1.54, 1.807) is 20.8 Å². The Hall–Kier alpha value is -2.69. The van der Waals surface area contributed by atoms with Gasteiger partial charge in [-0.25, -0.2) is 4.79 Å². The Morgan fingerprint density at radius 1 is 0.622 bits per heavy atom. The Labute approximate surface area is 271 Å². The minimum Gasteiger partial charge on any atom is -0.480 e. The van der Waals surface area contributed by atoms with Gasteiger partial charge in [0.15, 0.2) is 0 Å². The summed E-state index contributed by atoms with van der Waals surface area (Å²) in [5.41, 5.74) is 4.25. The molecular formula is C34H63N3O8. The van der Waals surface area contributed by atoms with Crippen LogP contribution in [0.1, 0.15) is 157 Å². The predicted molar refractivity (Wildman–Crippen MR) is 175 cm³/mol. The molecule has 0 spiro atoms. The van der Waals surface area contributed by atoms with Crippen LogP contribution in [-0.4, -0.2) is 64.7 Å². The van der Waals surface area contributed by atoms with Gasteiger partial charge in [-0.15, -0.1) is 0 Å². The SMILES string of the molecule is CC(C)(C)OC(=O)CCCCCCCCCCCCCCCCC(=O)N[C@@H](CCC(=O)NC[C@H](N)C(=O)O)C(=O)OC(C)(C)C. The van der Waals surface area contributed by atoms with Crippen LogP contribution < -0.4 is 16.4 Å². The maximum absolute atomic E-state index is 12.7. The minimum atomic E-state index is -1.22. The number of carboxylic acids is 1. The minimum absolute atomic E-state index is 0.0324. The summed E-state index contributed by atoms with van der Waals surface area (Å²) in [5.74, 6) is -2.66. The van der Waals surface area contributed by atoms with Gasteiger partial charge < -0.3 is 30.9 Å². The second kappa shape index (κ2) is 23.6. The van der Waals surface area contributed by atoms with Crippen molar-refractivity contribution < 1.29 is 38.6 Å². The fourth-order valence-corrected chi connectivity index (χ4v) is 4.63. The second-order valence-corrected chi connectivity index (χ2v) is 14.0. The van der Waals surface area contributed by atoms with Crippen LogP contribution in [0, 0.1) is 0 Å². The highest BCUT2D eigenvalue weighted by atomic mass is 16.6. The lowest BCUT2D eigenvalue weighted by atomic mass is 10.0. The molecule has 11 nitrogen and oxygen atoms in total. The van der Waals surface area contributed by atoms with Crippen molar-refractivity contribution in [2.45, 2.75) is 180 Å². The topological polar surface area (TPSA) is 174 Å². The van der Waals surface area contributed by atoms with Gasteiger partial charge in [-0.2, -0.15) is 0 Å². The first-order valence-corrected chi connectivity index (χ1v) is 17.0. The first kappa shape index (κ1) is 42.3. The molecule has 0 aliphatic carbocycles. The maximum Gasteiger partial charge on any atom is 0.329 e. The first-order valence-electron chi connectivity index (χ1n) is 17.0. The highest BCUT2D eigenvalue weighted by Crippen LogP contribution is 2.16. The van der Waals surface area contributed by atoms with Crippen molar-refractivity contribution >= 4 is 29.7 Å². The Bertz CT molecular complexity index is 880. The van der Waals surface area contributed by atoms with Gasteiger partial charge in [-0.3, -0.25) is 19.2 Å². The Morgan fingerprint density at radius 2 is 1.04 bits per heavy atom. The van der Waals surface area contributed by atoms with Gasteiger partial charge in [-0.1, -0.05) is 77.0 Å². The number of unbranched alkanes of at least 4 members (excludes halogenated alkanes) is 13. The van der Waals surface area contributed by atoms with Gasteiger partial charge in [0, 0.05) is 25.8 Å². The third kappa shape index (κ3) is 27.4. The number of aliphatic carboxylic acids is 1. The largest absolute Gasteiger partial charge is 0.480 e. The molecule has 0 aliphatic rings. The molecule has 0 aliphatic heterocycles. The van der Waals surface area contributed by atoms with E-state index >= 15 is 0 Å². The molecular weight excluding hydrogens is 578 g/mol. The molecule has 0 aromatic carbocycles. The number of carbonyl (C=O) groups is 5. The number of hydrogen-bond donors (Lipinski definition) is 4.